The van der Waals surface area contributed by atoms with Crippen LogP contribution in [0.15, 0.2) is 30.5 Å². The number of amides is 1. The lowest BCUT2D eigenvalue weighted by Crippen LogP contribution is -2.48. The molecular formula is C18H20ClFN4O3. The summed E-state index contributed by atoms with van der Waals surface area (Å²) in [5.41, 5.74) is 0.697. The lowest BCUT2D eigenvalue weighted by Gasteiger charge is -2.35. The number of hydrogen-bond donors (Lipinski definition) is 1. The predicted molar refractivity (Wildman–Crippen MR) is 97.2 cm³/mol. The second kappa shape index (κ2) is 8.06. The van der Waals surface area contributed by atoms with Gasteiger partial charge in [-0.05, 0) is 25.1 Å². The van der Waals surface area contributed by atoms with Gasteiger partial charge in [-0.2, -0.15) is 5.10 Å². The number of carbonyl (C=O) groups excluding carboxylic acids is 1. The minimum atomic E-state index is -1.06. The van der Waals surface area contributed by atoms with Gasteiger partial charge in [0.25, 0.3) is 5.91 Å². The van der Waals surface area contributed by atoms with E-state index < -0.39 is 12.0 Å². The van der Waals surface area contributed by atoms with Gasteiger partial charge in [-0.25, -0.2) is 13.9 Å². The molecule has 0 saturated carbocycles. The molecule has 1 atom stereocenters. The van der Waals surface area contributed by atoms with Crippen molar-refractivity contribution >= 4 is 23.5 Å². The normalized spacial score (nSPS) is 16.3. The number of carboxylic acid groups (broad SMARTS) is 1. The molecule has 1 saturated heterocycles. The summed E-state index contributed by atoms with van der Waals surface area (Å²) in [7, 11) is 0. The summed E-state index contributed by atoms with van der Waals surface area (Å²) in [5, 5.41) is 13.5. The van der Waals surface area contributed by atoms with Crippen molar-refractivity contribution in [2.45, 2.75) is 19.5 Å². The number of benzene rings is 1. The number of carboxylic acids is 1. The molecule has 1 aromatic heterocycles. The fourth-order valence-electron chi connectivity index (χ4n) is 3.07. The first kappa shape index (κ1) is 19.3. The van der Waals surface area contributed by atoms with Crippen molar-refractivity contribution in [1.29, 1.82) is 0 Å². The Balaban J connectivity index is 1.64. The second-order valence-corrected chi connectivity index (χ2v) is 6.85. The van der Waals surface area contributed by atoms with E-state index in [2.05, 4.69) is 5.10 Å². The van der Waals surface area contributed by atoms with Crippen LogP contribution < -0.4 is 0 Å². The molecule has 0 aliphatic carbocycles. The molecule has 2 aromatic rings. The maximum atomic E-state index is 13.9. The summed E-state index contributed by atoms with van der Waals surface area (Å²) in [6.07, 6.45) is 1.42. The van der Waals surface area contributed by atoms with Gasteiger partial charge in [0.1, 0.15) is 17.6 Å². The van der Waals surface area contributed by atoms with E-state index in [-0.39, 0.29) is 17.4 Å². The topological polar surface area (TPSA) is 78.7 Å². The van der Waals surface area contributed by atoms with E-state index in [1.54, 1.807) is 17.0 Å². The minimum Gasteiger partial charge on any atom is -0.480 e. The third-order valence-electron chi connectivity index (χ3n) is 4.72. The molecule has 1 aliphatic heterocycles. The standard InChI is InChI=1S/C18H20ClFN4O3/c1-12(18(26)27)24-16(5-6-21-24)17(25)23-9-7-22(8-10-23)11-13-14(19)3-2-4-15(13)20/h2-6,12H,7-11H2,1H3,(H,26,27). The number of piperazine rings is 1. The van der Waals surface area contributed by atoms with Gasteiger partial charge in [-0.1, -0.05) is 17.7 Å². The minimum absolute atomic E-state index is 0.246. The van der Waals surface area contributed by atoms with Gasteiger partial charge in [0.2, 0.25) is 0 Å². The maximum Gasteiger partial charge on any atom is 0.328 e. The van der Waals surface area contributed by atoms with Gasteiger partial charge in [-0.3, -0.25) is 9.69 Å². The van der Waals surface area contributed by atoms with Crippen LogP contribution in [0.4, 0.5) is 4.39 Å². The summed E-state index contributed by atoms with van der Waals surface area (Å²) >= 11 is 6.08. The highest BCUT2D eigenvalue weighted by molar-refractivity contribution is 6.31. The number of carbonyl (C=O) groups is 2. The van der Waals surface area contributed by atoms with Crippen LogP contribution in [0.3, 0.4) is 0 Å². The number of halogens is 2. The zero-order valence-corrected chi connectivity index (χ0v) is 15.6. The molecule has 1 fully saturated rings. The van der Waals surface area contributed by atoms with Crippen LogP contribution >= 0.6 is 11.6 Å². The summed E-state index contributed by atoms with van der Waals surface area (Å²) in [6.45, 7) is 3.90. The quantitative estimate of drug-likeness (QED) is 0.841. The van der Waals surface area contributed by atoms with E-state index in [1.165, 1.54) is 29.9 Å². The van der Waals surface area contributed by atoms with Crippen molar-refractivity contribution in [2.24, 2.45) is 0 Å². The molecule has 0 spiro atoms. The Kier molecular flexibility index (Phi) is 5.76. The Morgan fingerprint density at radius 3 is 2.59 bits per heavy atom. The predicted octanol–water partition coefficient (Wildman–Crippen LogP) is 2.28. The van der Waals surface area contributed by atoms with Crippen LogP contribution in [0.5, 0.6) is 0 Å². The molecule has 1 N–H and O–H groups in total. The number of aliphatic carboxylic acids is 1. The highest BCUT2D eigenvalue weighted by Gasteiger charge is 2.27. The van der Waals surface area contributed by atoms with Crippen LogP contribution in [-0.4, -0.2) is 62.7 Å². The van der Waals surface area contributed by atoms with E-state index in [0.717, 1.165) is 0 Å². The fourth-order valence-corrected chi connectivity index (χ4v) is 3.30. The van der Waals surface area contributed by atoms with Gasteiger partial charge in [0, 0.05) is 49.5 Å². The van der Waals surface area contributed by atoms with Crippen molar-refractivity contribution in [1.82, 2.24) is 19.6 Å². The Bertz CT molecular complexity index is 829. The van der Waals surface area contributed by atoms with Crippen LogP contribution in [0.1, 0.15) is 29.0 Å². The van der Waals surface area contributed by atoms with Crippen LogP contribution in [-0.2, 0) is 11.3 Å². The van der Waals surface area contributed by atoms with Crippen molar-refractivity contribution in [2.75, 3.05) is 26.2 Å². The average Bonchev–Trinajstić information content (AvgIpc) is 3.13. The van der Waals surface area contributed by atoms with E-state index >= 15 is 0 Å². The number of rotatable bonds is 5. The van der Waals surface area contributed by atoms with E-state index in [0.29, 0.717) is 43.3 Å². The van der Waals surface area contributed by atoms with Crippen molar-refractivity contribution < 1.29 is 19.1 Å². The van der Waals surface area contributed by atoms with Gasteiger partial charge < -0.3 is 10.0 Å². The van der Waals surface area contributed by atoms with Gasteiger partial charge in [-0.15, -0.1) is 0 Å². The van der Waals surface area contributed by atoms with E-state index in [1.807, 2.05) is 4.90 Å². The Hall–Kier alpha value is -2.45. The number of hydrogen-bond acceptors (Lipinski definition) is 4. The molecule has 0 radical (unpaired) electrons. The molecule has 9 heteroatoms. The third-order valence-corrected chi connectivity index (χ3v) is 5.07. The van der Waals surface area contributed by atoms with Crippen molar-refractivity contribution in [3.05, 3.63) is 52.6 Å². The molecule has 2 heterocycles. The number of nitrogens with zero attached hydrogens (tertiary/aromatic N) is 4. The molecule has 1 amide bonds. The monoisotopic (exact) mass is 394 g/mol. The largest absolute Gasteiger partial charge is 0.480 e. The van der Waals surface area contributed by atoms with Crippen LogP contribution in [0.25, 0.3) is 0 Å². The average molecular weight is 395 g/mol. The summed E-state index contributed by atoms with van der Waals surface area (Å²) in [6, 6.07) is 5.20. The second-order valence-electron chi connectivity index (χ2n) is 6.44. The van der Waals surface area contributed by atoms with Crippen molar-refractivity contribution in [3.8, 4) is 0 Å². The number of aromatic nitrogens is 2. The molecule has 1 aromatic carbocycles. The molecule has 0 bridgehead atoms. The molecule has 144 valence electrons. The lowest BCUT2D eigenvalue weighted by molar-refractivity contribution is -0.140. The Morgan fingerprint density at radius 1 is 1.26 bits per heavy atom. The van der Waals surface area contributed by atoms with Crippen molar-refractivity contribution in [3.63, 3.8) is 0 Å². The summed E-state index contributed by atoms with van der Waals surface area (Å²) in [5.74, 6) is -1.66. The third kappa shape index (κ3) is 4.12. The molecule has 3 rings (SSSR count). The SMILES string of the molecule is CC(C(=O)O)n1nccc1C(=O)N1CCN(Cc2c(F)cccc2Cl)CC1. The van der Waals surface area contributed by atoms with Gasteiger partial charge in [0.15, 0.2) is 0 Å². The Morgan fingerprint density at radius 2 is 1.96 bits per heavy atom. The van der Waals surface area contributed by atoms with Gasteiger partial charge >= 0.3 is 5.97 Å². The molecule has 1 unspecified atom stereocenters. The smallest absolute Gasteiger partial charge is 0.328 e. The molecular weight excluding hydrogens is 375 g/mol. The molecule has 7 nitrogen and oxygen atoms in total. The van der Waals surface area contributed by atoms with Gasteiger partial charge in [0.05, 0.1) is 0 Å². The first-order chi connectivity index (χ1) is 12.9. The summed E-state index contributed by atoms with van der Waals surface area (Å²) in [4.78, 5) is 27.6. The highest BCUT2D eigenvalue weighted by Crippen LogP contribution is 2.22. The fraction of sp³-hybridized carbons (Fsp3) is 0.389. The van der Waals surface area contributed by atoms with Crippen LogP contribution in [0, 0.1) is 5.82 Å². The first-order valence-corrected chi connectivity index (χ1v) is 8.97. The van der Waals surface area contributed by atoms with E-state index in [9.17, 15) is 14.0 Å². The Labute approximate surface area is 160 Å². The zero-order valence-electron chi connectivity index (χ0n) is 14.8. The lowest BCUT2D eigenvalue weighted by atomic mass is 10.1. The first-order valence-electron chi connectivity index (χ1n) is 8.59. The highest BCUT2D eigenvalue weighted by atomic mass is 35.5. The molecule has 27 heavy (non-hydrogen) atoms. The summed E-state index contributed by atoms with van der Waals surface area (Å²) < 4.78 is 15.2. The van der Waals surface area contributed by atoms with Crippen LogP contribution in [0.2, 0.25) is 5.02 Å². The zero-order chi connectivity index (χ0) is 19.6. The molecule has 1 aliphatic rings. The maximum absolute atomic E-state index is 13.9. The van der Waals surface area contributed by atoms with E-state index in [4.69, 9.17) is 16.7 Å².